The molecule has 0 saturated heterocycles. The number of hydrogen-bond donors (Lipinski definition) is 2. The van der Waals surface area contributed by atoms with Crippen LogP contribution >= 0.6 is 0 Å². The van der Waals surface area contributed by atoms with Crippen molar-refractivity contribution in [1.82, 2.24) is 5.32 Å². The van der Waals surface area contributed by atoms with Gasteiger partial charge in [0, 0.05) is 6.54 Å². The smallest absolute Gasteiger partial charge is 0.407 e. The number of carbonyl (C=O) groups excluding carboxylic acids is 1. The van der Waals surface area contributed by atoms with Gasteiger partial charge in [0.25, 0.3) is 0 Å². The van der Waals surface area contributed by atoms with Crippen molar-refractivity contribution in [2.75, 3.05) is 6.54 Å². The molecule has 0 bridgehead atoms. The first-order chi connectivity index (χ1) is 7.43. The Kier molecular flexibility index (Phi) is 4.98. The fourth-order valence-corrected chi connectivity index (χ4v) is 1.26. The van der Waals surface area contributed by atoms with Gasteiger partial charge >= 0.3 is 12.1 Å². The zero-order chi connectivity index (χ0) is 13.9. The Hall–Kier alpha value is -1.26. The summed E-state index contributed by atoms with van der Waals surface area (Å²) in [6, 6.07) is 0. The van der Waals surface area contributed by atoms with E-state index < -0.39 is 29.0 Å². The lowest BCUT2D eigenvalue weighted by Gasteiger charge is -2.27. The van der Waals surface area contributed by atoms with Gasteiger partial charge in [0.2, 0.25) is 0 Å². The first kappa shape index (κ1) is 15.7. The molecule has 0 radical (unpaired) electrons. The number of carbonyl (C=O) groups is 2. The summed E-state index contributed by atoms with van der Waals surface area (Å²) in [5, 5.41) is 11.5. The monoisotopic (exact) mass is 245 g/mol. The van der Waals surface area contributed by atoms with E-state index in [1.807, 2.05) is 20.8 Å². The highest BCUT2D eigenvalue weighted by molar-refractivity contribution is 5.73. The number of amides is 1. The summed E-state index contributed by atoms with van der Waals surface area (Å²) in [5.74, 6) is -1.57. The van der Waals surface area contributed by atoms with Crippen molar-refractivity contribution in [3.8, 4) is 0 Å². The lowest BCUT2D eigenvalue weighted by molar-refractivity contribution is -0.145. The highest BCUT2D eigenvalue weighted by atomic mass is 16.6. The molecule has 100 valence electrons. The van der Waals surface area contributed by atoms with Crippen LogP contribution in [0.25, 0.3) is 0 Å². The molecule has 1 atom stereocenters. The van der Waals surface area contributed by atoms with Crippen LogP contribution in [0.3, 0.4) is 0 Å². The van der Waals surface area contributed by atoms with Crippen LogP contribution in [0.2, 0.25) is 0 Å². The molecule has 0 aromatic carbocycles. The van der Waals surface area contributed by atoms with Crippen molar-refractivity contribution in [3.05, 3.63) is 0 Å². The average Bonchev–Trinajstić information content (AvgIpc) is 1.96. The fraction of sp³-hybridized carbons (Fsp3) is 0.833. The third-order valence-electron chi connectivity index (χ3n) is 2.19. The van der Waals surface area contributed by atoms with E-state index in [4.69, 9.17) is 9.84 Å². The maximum atomic E-state index is 11.4. The van der Waals surface area contributed by atoms with Crippen molar-refractivity contribution in [1.29, 1.82) is 0 Å². The Balaban J connectivity index is 4.34. The number of alkyl carbamates (subject to hydrolysis) is 1. The second kappa shape index (κ2) is 5.38. The van der Waals surface area contributed by atoms with E-state index in [9.17, 15) is 9.59 Å². The number of rotatable bonds is 3. The third-order valence-corrected chi connectivity index (χ3v) is 2.19. The summed E-state index contributed by atoms with van der Waals surface area (Å²) in [5.41, 5.74) is -0.995. The van der Waals surface area contributed by atoms with Gasteiger partial charge in [0.1, 0.15) is 5.60 Å². The van der Waals surface area contributed by atoms with Gasteiger partial charge in [-0.2, -0.15) is 0 Å². The second-order valence-corrected chi connectivity index (χ2v) is 6.14. The van der Waals surface area contributed by atoms with E-state index in [1.165, 1.54) is 0 Å². The van der Waals surface area contributed by atoms with Crippen LogP contribution in [0.5, 0.6) is 0 Å². The van der Waals surface area contributed by atoms with E-state index in [1.54, 1.807) is 20.8 Å². The van der Waals surface area contributed by atoms with Crippen molar-refractivity contribution in [3.63, 3.8) is 0 Å². The van der Waals surface area contributed by atoms with Crippen LogP contribution in [-0.2, 0) is 9.53 Å². The zero-order valence-corrected chi connectivity index (χ0v) is 11.5. The van der Waals surface area contributed by atoms with Crippen LogP contribution in [-0.4, -0.2) is 29.3 Å². The molecular weight excluding hydrogens is 222 g/mol. The van der Waals surface area contributed by atoms with Gasteiger partial charge < -0.3 is 15.2 Å². The largest absolute Gasteiger partial charge is 0.481 e. The zero-order valence-electron chi connectivity index (χ0n) is 11.5. The number of aliphatic carboxylic acids is 1. The van der Waals surface area contributed by atoms with E-state index in [0.29, 0.717) is 0 Å². The molecule has 2 N–H and O–H groups in total. The summed E-state index contributed by atoms with van der Waals surface area (Å²) in [4.78, 5) is 22.4. The number of nitrogens with one attached hydrogen (secondary N) is 1. The number of carboxylic acids is 1. The minimum atomic E-state index is -0.923. The molecule has 1 amide bonds. The minimum Gasteiger partial charge on any atom is -0.481 e. The first-order valence-corrected chi connectivity index (χ1v) is 5.63. The van der Waals surface area contributed by atoms with Gasteiger partial charge in [-0.1, -0.05) is 20.8 Å². The van der Waals surface area contributed by atoms with E-state index in [0.717, 1.165) is 0 Å². The molecular formula is C12H23NO4. The molecule has 1 unspecified atom stereocenters. The van der Waals surface area contributed by atoms with Crippen molar-refractivity contribution in [2.24, 2.45) is 11.3 Å². The van der Waals surface area contributed by atoms with E-state index in [2.05, 4.69) is 5.32 Å². The quantitative estimate of drug-likeness (QED) is 0.799. The Morgan fingerprint density at radius 1 is 1.18 bits per heavy atom. The molecule has 0 rings (SSSR count). The maximum absolute atomic E-state index is 11.4. The lowest BCUT2D eigenvalue weighted by Crippen LogP contribution is -2.41. The molecule has 5 nitrogen and oxygen atoms in total. The van der Waals surface area contributed by atoms with Gasteiger partial charge in [-0.15, -0.1) is 0 Å². The van der Waals surface area contributed by atoms with Gasteiger partial charge in [0.05, 0.1) is 5.92 Å². The summed E-state index contributed by atoms with van der Waals surface area (Å²) in [6.45, 7) is 10.8. The normalized spacial score (nSPS) is 14.0. The summed E-state index contributed by atoms with van der Waals surface area (Å²) in [6.07, 6.45) is -0.590. The van der Waals surface area contributed by atoms with Crippen LogP contribution < -0.4 is 5.32 Å². The molecule has 17 heavy (non-hydrogen) atoms. The SMILES string of the molecule is CC(C)(C)OC(=O)NCC(C(=O)O)C(C)(C)C. The number of carboxylic acid groups (broad SMARTS) is 1. The van der Waals surface area contributed by atoms with Gasteiger partial charge in [-0.25, -0.2) is 4.79 Å². The third kappa shape index (κ3) is 6.81. The lowest BCUT2D eigenvalue weighted by atomic mass is 9.81. The second-order valence-electron chi connectivity index (χ2n) is 6.14. The molecule has 0 fully saturated rings. The van der Waals surface area contributed by atoms with Gasteiger partial charge in [-0.05, 0) is 26.2 Å². The molecule has 0 aliphatic carbocycles. The molecule has 0 saturated carbocycles. The van der Waals surface area contributed by atoms with Gasteiger partial charge in [-0.3, -0.25) is 4.79 Å². The number of ether oxygens (including phenoxy) is 1. The molecule has 0 heterocycles. The first-order valence-electron chi connectivity index (χ1n) is 5.63. The number of hydrogen-bond acceptors (Lipinski definition) is 3. The van der Waals surface area contributed by atoms with Crippen LogP contribution in [0.1, 0.15) is 41.5 Å². The van der Waals surface area contributed by atoms with Crippen molar-refractivity contribution in [2.45, 2.75) is 47.1 Å². The van der Waals surface area contributed by atoms with E-state index >= 15 is 0 Å². The topological polar surface area (TPSA) is 75.6 Å². The van der Waals surface area contributed by atoms with E-state index in [-0.39, 0.29) is 6.54 Å². The standard InChI is InChI=1S/C12H23NO4/c1-11(2,3)8(9(14)15)7-13-10(16)17-12(4,5)6/h8H,7H2,1-6H3,(H,13,16)(H,14,15). The molecule has 0 aromatic heterocycles. The Morgan fingerprint density at radius 3 is 1.94 bits per heavy atom. The molecule has 0 aliphatic heterocycles. The Labute approximate surface area is 103 Å². The van der Waals surface area contributed by atoms with Gasteiger partial charge in [0.15, 0.2) is 0 Å². The highest BCUT2D eigenvalue weighted by Gasteiger charge is 2.31. The summed E-state index contributed by atoms with van der Waals surface area (Å²) < 4.78 is 5.04. The molecule has 5 heteroatoms. The molecule has 0 spiro atoms. The molecule has 0 aliphatic rings. The Morgan fingerprint density at radius 2 is 1.65 bits per heavy atom. The average molecular weight is 245 g/mol. The fourth-order valence-electron chi connectivity index (χ4n) is 1.26. The summed E-state index contributed by atoms with van der Waals surface area (Å²) in [7, 11) is 0. The van der Waals surface area contributed by atoms with Crippen molar-refractivity contribution >= 4 is 12.1 Å². The minimum absolute atomic E-state index is 0.0632. The maximum Gasteiger partial charge on any atom is 0.407 e. The highest BCUT2D eigenvalue weighted by Crippen LogP contribution is 2.25. The Bertz CT molecular complexity index is 286. The summed E-state index contributed by atoms with van der Waals surface area (Å²) >= 11 is 0. The van der Waals surface area contributed by atoms with Crippen LogP contribution in [0, 0.1) is 11.3 Å². The van der Waals surface area contributed by atoms with Crippen LogP contribution in [0.15, 0.2) is 0 Å². The predicted molar refractivity (Wildman–Crippen MR) is 64.8 cm³/mol. The van der Waals surface area contributed by atoms with Crippen molar-refractivity contribution < 1.29 is 19.4 Å². The van der Waals surface area contributed by atoms with Crippen LogP contribution in [0.4, 0.5) is 4.79 Å². The molecule has 0 aromatic rings. The predicted octanol–water partition coefficient (Wildman–Crippen LogP) is 2.26.